The van der Waals surface area contributed by atoms with E-state index in [1.54, 1.807) is 0 Å². The van der Waals surface area contributed by atoms with Gasteiger partial charge in [-0.15, -0.1) is 0 Å². The highest BCUT2D eigenvalue weighted by atomic mass is 16.6. The highest BCUT2D eigenvalue weighted by Crippen LogP contribution is 2.67. The van der Waals surface area contributed by atoms with Gasteiger partial charge in [0, 0.05) is 11.8 Å². The van der Waals surface area contributed by atoms with Crippen molar-refractivity contribution in [3.63, 3.8) is 0 Å². The van der Waals surface area contributed by atoms with Crippen molar-refractivity contribution in [3.05, 3.63) is 0 Å². The van der Waals surface area contributed by atoms with Gasteiger partial charge in [0.15, 0.2) is 0 Å². The number of hydrogen-bond acceptors (Lipinski definition) is 4. The third-order valence-corrected chi connectivity index (χ3v) is 7.31. The van der Waals surface area contributed by atoms with E-state index in [0.717, 1.165) is 35.5 Å². The third kappa shape index (κ3) is 0.944. The Morgan fingerprint density at radius 1 is 0.895 bits per heavy atom. The Bertz CT molecular complexity index is 504. The van der Waals surface area contributed by atoms with E-state index in [9.17, 15) is 0 Å². The minimum absolute atomic E-state index is 0.389. The van der Waals surface area contributed by atoms with Crippen LogP contribution in [0.1, 0.15) is 25.7 Å². The van der Waals surface area contributed by atoms with Crippen molar-refractivity contribution < 1.29 is 4.84 Å². The van der Waals surface area contributed by atoms with Crippen molar-refractivity contribution in [2.45, 2.75) is 43.9 Å². The van der Waals surface area contributed by atoms with Crippen molar-refractivity contribution in [1.82, 2.24) is 0 Å². The summed E-state index contributed by atoms with van der Waals surface area (Å²) < 4.78 is 0. The summed E-state index contributed by atoms with van der Waals surface area (Å²) in [6, 6.07) is 1.08. The van der Waals surface area contributed by atoms with Gasteiger partial charge in [0.1, 0.15) is 6.10 Å². The number of rotatable bonds is 0. The van der Waals surface area contributed by atoms with Crippen LogP contribution in [0.25, 0.3) is 0 Å². The lowest BCUT2D eigenvalue weighted by Crippen LogP contribution is -2.57. The van der Waals surface area contributed by atoms with Gasteiger partial charge in [-0.2, -0.15) is 10.2 Å². The highest BCUT2D eigenvalue weighted by molar-refractivity contribution is 5.64. The third-order valence-electron chi connectivity index (χ3n) is 7.31. The fourth-order valence-electron chi connectivity index (χ4n) is 6.89. The smallest absolute Gasteiger partial charge is 0.138 e. The van der Waals surface area contributed by atoms with Crippen LogP contribution in [0.5, 0.6) is 0 Å². The minimum Gasteiger partial charge on any atom is -0.392 e. The quantitative estimate of drug-likeness (QED) is 0.657. The molecule has 7 rings (SSSR count). The summed E-state index contributed by atoms with van der Waals surface area (Å²) in [5.41, 5.74) is 0. The zero-order valence-corrected chi connectivity index (χ0v) is 10.9. The number of nitrogens with zero attached hydrogens (tertiary/aromatic N) is 3. The molecule has 4 fully saturated rings. The molecule has 100 valence electrons. The minimum atomic E-state index is 0.389. The van der Waals surface area contributed by atoms with Crippen molar-refractivity contribution in [1.29, 1.82) is 0 Å². The summed E-state index contributed by atoms with van der Waals surface area (Å²) in [6.45, 7) is 0. The molecule has 19 heavy (non-hydrogen) atoms. The molecule has 0 aromatic rings. The van der Waals surface area contributed by atoms with Crippen LogP contribution in [-0.2, 0) is 4.84 Å². The Morgan fingerprint density at radius 3 is 2.42 bits per heavy atom. The fourth-order valence-corrected chi connectivity index (χ4v) is 6.89. The van der Waals surface area contributed by atoms with E-state index >= 15 is 0 Å². The average Bonchev–Trinajstić information content (AvgIpc) is 3.20. The lowest BCUT2D eigenvalue weighted by molar-refractivity contribution is -0.0655. The molecular weight excluding hydrogens is 238 g/mol. The molecule has 4 aliphatic carbocycles. The Hall–Kier alpha value is -0.930. The Kier molecular flexibility index (Phi) is 1.58. The van der Waals surface area contributed by atoms with E-state index in [2.05, 4.69) is 11.4 Å². The highest BCUT2D eigenvalue weighted by Gasteiger charge is 2.69. The van der Waals surface area contributed by atoms with E-state index in [4.69, 9.17) is 15.1 Å². The second-order valence-electron chi connectivity index (χ2n) is 7.59. The summed E-state index contributed by atoms with van der Waals surface area (Å²) in [6.07, 6.45) is 8.06. The monoisotopic (exact) mass is 257 g/mol. The van der Waals surface area contributed by atoms with E-state index in [-0.39, 0.29) is 0 Å². The lowest BCUT2D eigenvalue weighted by Gasteiger charge is -2.52. The van der Waals surface area contributed by atoms with Crippen LogP contribution in [0.15, 0.2) is 15.4 Å². The number of oxime groups is 1. The Balaban J connectivity index is 1.48. The number of fused-ring (bicyclic) bond motifs is 5. The topological polar surface area (TPSA) is 46.3 Å². The van der Waals surface area contributed by atoms with Crippen LogP contribution >= 0.6 is 0 Å². The summed E-state index contributed by atoms with van der Waals surface area (Å²) in [7, 11) is 0. The summed E-state index contributed by atoms with van der Waals surface area (Å²) >= 11 is 0. The van der Waals surface area contributed by atoms with Gasteiger partial charge in [0.2, 0.25) is 0 Å². The fraction of sp³-hybridized carbons (Fsp3) is 0.933. The molecule has 0 spiro atoms. The van der Waals surface area contributed by atoms with E-state index in [1.165, 1.54) is 25.7 Å². The van der Waals surface area contributed by atoms with Gasteiger partial charge in [-0.25, -0.2) is 0 Å². The van der Waals surface area contributed by atoms with Crippen molar-refractivity contribution in [2.75, 3.05) is 0 Å². The molecule has 4 nitrogen and oxygen atoms in total. The van der Waals surface area contributed by atoms with E-state index in [1.807, 2.05) is 0 Å². The molecule has 4 bridgehead atoms. The van der Waals surface area contributed by atoms with Crippen molar-refractivity contribution >= 4 is 6.21 Å². The van der Waals surface area contributed by atoms with Crippen LogP contribution in [0.4, 0.5) is 0 Å². The van der Waals surface area contributed by atoms with Crippen LogP contribution in [0.2, 0.25) is 0 Å². The maximum absolute atomic E-state index is 5.68. The molecule has 7 aliphatic rings. The molecule has 0 aromatic heterocycles. The molecule has 10 atom stereocenters. The van der Waals surface area contributed by atoms with Gasteiger partial charge in [0.25, 0.3) is 0 Å². The first-order chi connectivity index (χ1) is 9.43. The molecule has 0 N–H and O–H groups in total. The maximum atomic E-state index is 5.68. The summed E-state index contributed by atoms with van der Waals surface area (Å²) in [4.78, 5) is 5.68. The molecule has 0 unspecified atom stereocenters. The SMILES string of the molecule is C1=NO[C@@H]2[C@@H]1[C@H]1C[C@H]2[C@@H]2[C@H]3N=N[C@@H]([C@@H]4CCC[C@@H]43)[C@@H]12. The van der Waals surface area contributed by atoms with E-state index in [0.29, 0.717) is 24.1 Å². The Labute approximate surface area is 112 Å². The van der Waals surface area contributed by atoms with Gasteiger partial charge in [-0.1, -0.05) is 11.6 Å². The number of azo groups is 1. The summed E-state index contributed by atoms with van der Waals surface area (Å²) in [5, 5.41) is 13.6. The molecule has 0 radical (unpaired) electrons. The van der Waals surface area contributed by atoms with Crippen LogP contribution in [0.3, 0.4) is 0 Å². The first-order valence-electron chi connectivity index (χ1n) is 8.03. The van der Waals surface area contributed by atoms with Crippen LogP contribution in [0, 0.1) is 41.4 Å². The molecule has 0 aromatic carbocycles. The molecule has 3 heterocycles. The molecule has 4 saturated carbocycles. The number of hydrogen-bond donors (Lipinski definition) is 0. The molecule has 0 amide bonds. The van der Waals surface area contributed by atoms with Gasteiger partial charge in [-0.05, 0) is 48.9 Å². The van der Waals surface area contributed by atoms with E-state index < -0.39 is 0 Å². The summed E-state index contributed by atoms with van der Waals surface area (Å²) in [5.74, 6) is 5.40. The molecule has 3 aliphatic heterocycles. The predicted octanol–water partition coefficient (Wildman–Crippen LogP) is 2.50. The molecule has 4 heteroatoms. The molecule has 0 saturated heterocycles. The van der Waals surface area contributed by atoms with Gasteiger partial charge in [0.05, 0.1) is 18.3 Å². The normalized spacial score (nSPS) is 66.1. The van der Waals surface area contributed by atoms with Gasteiger partial charge in [-0.3, -0.25) is 0 Å². The lowest BCUT2D eigenvalue weighted by atomic mass is 9.56. The first-order valence-corrected chi connectivity index (χ1v) is 8.03. The largest absolute Gasteiger partial charge is 0.392 e. The van der Waals surface area contributed by atoms with Crippen LogP contribution in [-0.4, -0.2) is 24.4 Å². The van der Waals surface area contributed by atoms with Gasteiger partial charge >= 0.3 is 0 Å². The average molecular weight is 257 g/mol. The second kappa shape index (κ2) is 3.04. The van der Waals surface area contributed by atoms with Crippen molar-refractivity contribution in [2.24, 2.45) is 56.8 Å². The van der Waals surface area contributed by atoms with Crippen molar-refractivity contribution in [3.8, 4) is 0 Å². The Morgan fingerprint density at radius 2 is 1.63 bits per heavy atom. The first kappa shape index (κ1) is 9.89. The zero-order valence-electron chi connectivity index (χ0n) is 10.9. The molecular formula is C15H19N3O. The maximum Gasteiger partial charge on any atom is 0.138 e. The second-order valence-corrected chi connectivity index (χ2v) is 7.59. The standard InChI is InChI=1S/C15H19N3O/c1-2-6-7(3-1)14-12-9-4-8(10-5-16-19-15(9)10)11(12)13(6)17-18-14/h5-15H,1-4H2/t6-,7+,8-,9+,10+,11+,12+,13+,14+,15+/m1/s1. The predicted molar refractivity (Wildman–Crippen MR) is 68.7 cm³/mol. The van der Waals surface area contributed by atoms with Gasteiger partial charge < -0.3 is 4.84 Å². The zero-order chi connectivity index (χ0) is 12.1. The van der Waals surface area contributed by atoms with Crippen LogP contribution < -0.4 is 0 Å².